The van der Waals surface area contributed by atoms with E-state index in [9.17, 15) is 9.90 Å². The molecule has 1 aliphatic rings. The van der Waals surface area contributed by atoms with E-state index in [0.29, 0.717) is 23.1 Å². The fraction of sp³-hybridized carbons (Fsp3) is 0.235. The van der Waals surface area contributed by atoms with E-state index in [2.05, 4.69) is 22.0 Å². The summed E-state index contributed by atoms with van der Waals surface area (Å²) in [4.78, 5) is 14.6. The van der Waals surface area contributed by atoms with Gasteiger partial charge in [0.1, 0.15) is 5.75 Å². The molecule has 0 fully saturated rings. The fourth-order valence-corrected chi connectivity index (χ4v) is 3.47. The average molecular weight is 361 g/mol. The molecular formula is C17H17BrN2O2. The Hall–Kier alpha value is -1.85. The number of phenolic OH excluding ortho intramolecular Hbond substituents is 1. The van der Waals surface area contributed by atoms with Crippen LogP contribution in [0, 0.1) is 0 Å². The molecular weight excluding hydrogens is 344 g/mol. The van der Waals surface area contributed by atoms with Crippen LogP contribution in [0.2, 0.25) is 0 Å². The van der Waals surface area contributed by atoms with E-state index in [1.165, 1.54) is 11.6 Å². The lowest BCUT2D eigenvalue weighted by Gasteiger charge is -2.18. The average Bonchev–Trinajstić information content (AvgIpc) is 2.85. The molecule has 2 aromatic carbocycles. The Labute approximate surface area is 137 Å². The van der Waals surface area contributed by atoms with Crippen molar-refractivity contribution in [3.05, 3.63) is 58.1 Å². The molecule has 3 N–H and O–H groups in total. The molecule has 0 saturated heterocycles. The highest BCUT2D eigenvalue weighted by Gasteiger charge is 2.32. The number of nitrogens with two attached hydrogens (primary N) is 1. The van der Waals surface area contributed by atoms with E-state index in [1.807, 2.05) is 18.2 Å². The van der Waals surface area contributed by atoms with Crippen molar-refractivity contribution < 1.29 is 9.90 Å². The van der Waals surface area contributed by atoms with Crippen molar-refractivity contribution in [2.24, 2.45) is 5.73 Å². The molecule has 0 bridgehead atoms. The smallest absolute Gasteiger partial charge is 0.258 e. The van der Waals surface area contributed by atoms with Crippen molar-refractivity contribution in [3.8, 4) is 5.75 Å². The van der Waals surface area contributed by atoms with Crippen molar-refractivity contribution >= 4 is 27.5 Å². The summed E-state index contributed by atoms with van der Waals surface area (Å²) in [7, 11) is 0. The predicted molar refractivity (Wildman–Crippen MR) is 90.3 cm³/mol. The highest BCUT2D eigenvalue weighted by Crippen LogP contribution is 2.38. The molecule has 5 heteroatoms. The summed E-state index contributed by atoms with van der Waals surface area (Å²) >= 11 is 3.31. The van der Waals surface area contributed by atoms with Crippen LogP contribution in [0.3, 0.4) is 0 Å². The first-order chi connectivity index (χ1) is 10.6. The van der Waals surface area contributed by atoms with Crippen molar-refractivity contribution in [2.75, 3.05) is 18.0 Å². The van der Waals surface area contributed by atoms with Gasteiger partial charge in [-0.05, 0) is 42.8 Å². The molecule has 22 heavy (non-hydrogen) atoms. The van der Waals surface area contributed by atoms with E-state index in [1.54, 1.807) is 17.0 Å². The first-order valence-electron chi connectivity index (χ1n) is 7.20. The highest BCUT2D eigenvalue weighted by atomic mass is 79.9. The van der Waals surface area contributed by atoms with Gasteiger partial charge in [0.2, 0.25) is 0 Å². The molecule has 0 aliphatic carbocycles. The van der Waals surface area contributed by atoms with Gasteiger partial charge >= 0.3 is 0 Å². The summed E-state index contributed by atoms with van der Waals surface area (Å²) in [6.45, 7) is 1.22. The van der Waals surface area contributed by atoms with E-state index < -0.39 is 0 Å². The van der Waals surface area contributed by atoms with Crippen LogP contribution in [0.15, 0.2) is 46.9 Å². The number of anilines is 1. The van der Waals surface area contributed by atoms with E-state index in [4.69, 9.17) is 5.73 Å². The number of carbonyl (C=O) groups excluding carboxylic acids is 1. The number of para-hydroxylation sites is 1. The summed E-state index contributed by atoms with van der Waals surface area (Å²) in [5.41, 5.74) is 8.27. The molecule has 1 heterocycles. The minimum Gasteiger partial charge on any atom is -0.508 e. The molecule has 2 aromatic rings. The number of fused-ring (bicyclic) bond motifs is 1. The molecule has 0 saturated carbocycles. The summed E-state index contributed by atoms with van der Waals surface area (Å²) in [5.74, 6) is 0.234. The topological polar surface area (TPSA) is 66.6 Å². The lowest BCUT2D eigenvalue weighted by molar-refractivity contribution is 0.0987. The van der Waals surface area contributed by atoms with Crippen LogP contribution in [-0.2, 0) is 0 Å². The first kappa shape index (κ1) is 15.1. The number of carbonyl (C=O) groups is 1. The number of hydrogen-bond donors (Lipinski definition) is 2. The first-order valence-corrected chi connectivity index (χ1v) is 8.00. The van der Waals surface area contributed by atoms with Crippen molar-refractivity contribution in [3.63, 3.8) is 0 Å². The van der Waals surface area contributed by atoms with Gasteiger partial charge in [-0.25, -0.2) is 0 Å². The van der Waals surface area contributed by atoms with Crippen LogP contribution < -0.4 is 10.6 Å². The Morgan fingerprint density at radius 3 is 2.82 bits per heavy atom. The molecule has 0 aromatic heterocycles. The van der Waals surface area contributed by atoms with Gasteiger partial charge in [0.15, 0.2) is 0 Å². The second-order valence-corrected chi connectivity index (χ2v) is 6.36. The van der Waals surface area contributed by atoms with Crippen LogP contribution in [0.25, 0.3) is 0 Å². The van der Waals surface area contributed by atoms with Crippen LogP contribution in [0.5, 0.6) is 5.75 Å². The largest absolute Gasteiger partial charge is 0.508 e. The van der Waals surface area contributed by atoms with Crippen LogP contribution in [0.4, 0.5) is 5.69 Å². The van der Waals surface area contributed by atoms with Crippen molar-refractivity contribution in [2.45, 2.75) is 12.3 Å². The summed E-state index contributed by atoms with van der Waals surface area (Å²) in [6.07, 6.45) is 0.852. The third-order valence-corrected chi connectivity index (χ3v) is 4.42. The molecule has 1 unspecified atom stereocenters. The summed E-state index contributed by atoms with van der Waals surface area (Å²) in [6, 6.07) is 12.7. The van der Waals surface area contributed by atoms with Gasteiger partial charge in [-0.2, -0.15) is 0 Å². The standard InChI is InChI=1S/C17H17BrN2O2/c18-13-7-12(8-14(21)9-13)17(22)20-10-11(5-6-19)15-3-1-2-4-16(15)20/h1-4,7-9,11,21H,5-6,10,19H2. The van der Waals surface area contributed by atoms with E-state index >= 15 is 0 Å². The predicted octanol–water partition coefficient (Wildman–Crippen LogP) is 3.25. The summed E-state index contributed by atoms with van der Waals surface area (Å²) < 4.78 is 0.682. The van der Waals surface area contributed by atoms with Gasteiger partial charge in [-0.1, -0.05) is 34.1 Å². The monoisotopic (exact) mass is 360 g/mol. The van der Waals surface area contributed by atoms with Gasteiger partial charge in [0.25, 0.3) is 5.91 Å². The molecule has 3 rings (SSSR count). The zero-order chi connectivity index (χ0) is 15.7. The van der Waals surface area contributed by atoms with Gasteiger partial charge in [-0.3, -0.25) is 4.79 Å². The number of benzene rings is 2. The molecule has 4 nitrogen and oxygen atoms in total. The maximum absolute atomic E-state index is 12.8. The fourth-order valence-electron chi connectivity index (χ4n) is 2.99. The van der Waals surface area contributed by atoms with Crippen LogP contribution >= 0.6 is 15.9 Å². The lowest BCUT2D eigenvalue weighted by Crippen LogP contribution is -2.30. The maximum Gasteiger partial charge on any atom is 0.258 e. The maximum atomic E-state index is 12.8. The van der Waals surface area contributed by atoms with Gasteiger partial charge in [0, 0.05) is 28.2 Å². The lowest BCUT2D eigenvalue weighted by atomic mass is 9.98. The Morgan fingerprint density at radius 2 is 2.09 bits per heavy atom. The number of nitrogens with zero attached hydrogens (tertiary/aromatic N) is 1. The molecule has 0 radical (unpaired) electrons. The molecule has 0 spiro atoms. The minimum absolute atomic E-state index is 0.0729. The van der Waals surface area contributed by atoms with Gasteiger partial charge in [-0.15, -0.1) is 0 Å². The second-order valence-electron chi connectivity index (χ2n) is 5.45. The van der Waals surface area contributed by atoms with E-state index in [0.717, 1.165) is 12.1 Å². The third kappa shape index (κ3) is 2.74. The van der Waals surface area contributed by atoms with Crippen LogP contribution in [0.1, 0.15) is 28.3 Å². The number of phenols is 1. The van der Waals surface area contributed by atoms with Crippen LogP contribution in [-0.4, -0.2) is 24.1 Å². The quantitative estimate of drug-likeness (QED) is 0.882. The number of amides is 1. The Kier molecular flexibility index (Phi) is 4.18. The normalized spacial score (nSPS) is 16.6. The van der Waals surface area contributed by atoms with Gasteiger partial charge in [0.05, 0.1) is 0 Å². The molecule has 114 valence electrons. The Bertz CT molecular complexity index is 697. The minimum atomic E-state index is -0.108. The number of hydrogen-bond acceptors (Lipinski definition) is 3. The summed E-state index contributed by atoms with van der Waals surface area (Å²) in [5, 5.41) is 9.70. The Balaban J connectivity index is 1.96. The molecule has 1 amide bonds. The Morgan fingerprint density at radius 1 is 1.32 bits per heavy atom. The number of halogens is 1. The second kappa shape index (κ2) is 6.10. The van der Waals surface area contributed by atoms with Crippen molar-refractivity contribution in [1.29, 1.82) is 0 Å². The molecule has 1 aliphatic heterocycles. The number of aromatic hydroxyl groups is 1. The zero-order valence-corrected chi connectivity index (χ0v) is 13.6. The van der Waals surface area contributed by atoms with Crippen molar-refractivity contribution in [1.82, 2.24) is 0 Å². The molecule has 1 atom stereocenters. The SMILES string of the molecule is NCCC1CN(C(=O)c2cc(O)cc(Br)c2)c2ccccc21. The van der Waals surface area contributed by atoms with Gasteiger partial charge < -0.3 is 15.7 Å². The van der Waals surface area contributed by atoms with E-state index in [-0.39, 0.29) is 17.6 Å². The zero-order valence-electron chi connectivity index (χ0n) is 12.0. The highest BCUT2D eigenvalue weighted by molar-refractivity contribution is 9.10. The third-order valence-electron chi connectivity index (χ3n) is 3.96. The number of rotatable bonds is 3.